The van der Waals surface area contributed by atoms with Crippen LogP contribution in [0.4, 0.5) is 0 Å². The van der Waals surface area contributed by atoms with E-state index in [2.05, 4.69) is 43.5 Å². The lowest BCUT2D eigenvalue weighted by molar-refractivity contribution is -0.870. The smallest absolute Gasteiger partial charge is 0.268 e. The SMILES string of the molecule is CCCCCCCCCCC/C=C\C/C=C\CCCCCCCCCCCCCC(=O)NC(COP(=O)([O-])OCC[N+](C)(C)C)C(O)/C=C/CCCCCCCCCCCC. The van der Waals surface area contributed by atoms with E-state index < -0.39 is 20.0 Å². The highest BCUT2D eigenvalue weighted by atomic mass is 31.2. The third-order valence-corrected chi connectivity index (χ3v) is 12.6. The number of aliphatic hydroxyl groups excluding tert-OH is 1. The van der Waals surface area contributed by atoms with Gasteiger partial charge in [-0.1, -0.05) is 217 Å². The van der Waals surface area contributed by atoms with Gasteiger partial charge in [0.25, 0.3) is 7.82 Å². The van der Waals surface area contributed by atoms with E-state index in [0.29, 0.717) is 17.4 Å². The van der Waals surface area contributed by atoms with Crippen molar-refractivity contribution in [2.75, 3.05) is 40.9 Å². The summed E-state index contributed by atoms with van der Waals surface area (Å²) >= 11 is 0. The molecule has 0 aromatic rings. The summed E-state index contributed by atoms with van der Waals surface area (Å²) in [7, 11) is 1.26. The lowest BCUT2D eigenvalue weighted by Crippen LogP contribution is -2.45. The van der Waals surface area contributed by atoms with Gasteiger partial charge in [-0.15, -0.1) is 0 Å². The molecule has 0 aliphatic heterocycles. The molecule has 0 aromatic heterocycles. The maximum atomic E-state index is 12.9. The molecule has 9 heteroatoms. The van der Waals surface area contributed by atoms with E-state index in [4.69, 9.17) is 9.05 Å². The Kier molecular flexibility index (Phi) is 43.0. The Morgan fingerprint density at radius 3 is 1.36 bits per heavy atom. The summed E-state index contributed by atoms with van der Waals surface area (Å²) in [6.07, 6.45) is 54.9. The Hall–Kier alpha value is -1.28. The number of phosphoric acid groups is 1. The predicted molar refractivity (Wildman–Crippen MR) is 261 cm³/mol. The van der Waals surface area contributed by atoms with Crippen molar-refractivity contribution in [3.63, 3.8) is 0 Å². The molecule has 0 radical (unpaired) electrons. The molecule has 0 heterocycles. The first kappa shape index (κ1) is 59.7. The molecule has 0 aromatic carbocycles. The van der Waals surface area contributed by atoms with Crippen molar-refractivity contribution in [2.45, 2.75) is 251 Å². The Bertz CT molecular complexity index is 1090. The number of hydrogen-bond donors (Lipinski definition) is 2. The van der Waals surface area contributed by atoms with E-state index in [1.165, 1.54) is 173 Å². The molecule has 2 N–H and O–H groups in total. The molecular formula is C52H101N2O6P. The summed E-state index contributed by atoms with van der Waals surface area (Å²) < 4.78 is 23.2. The number of likely N-dealkylation sites (N-methyl/N-ethyl adjacent to an activating group) is 1. The van der Waals surface area contributed by atoms with Gasteiger partial charge in [-0.3, -0.25) is 9.36 Å². The second-order valence-electron chi connectivity index (χ2n) is 18.9. The van der Waals surface area contributed by atoms with Crippen LogP contribution >= 0.6 is 7.82 Å². The summed E-state index contributed by atoms with van der Waals surface area (Å²) in [5.41, 5.74) is 0. The fourth-order valence-corrected chi connectivity index (χ4v) is 8.20. The molecule has 0 aliphatic carbocycles. The summed E-state index contributed by atoms with van der Waals surface area (Å²) in [6.45, 7) is 4.65. The Labute approximate surface area is 378 Å². The van der Waals surface area contributed by atoms with Crippen LogP contribution in [0.15, 0.2) is 36.5 Å². The van der Waals surface area contributed by atoms with Gasteiger partial charge in [0.1, 0.15) is 13.2 Å². The van der Waals surface area contributed by atoms with E-state index in [1.807, 2.05) is 27.2 Å². The predicted octanol–water partition coefficient (Wildman–Crippen LogP) is 14.4. The molecule has 0 saturated carbocycles. The number of aliphatic hydroxyl groups is 1. The third-order valence-electron chi connectivity index (χ3n) is 11.6. The maximum Gasteiger partial charge on any atom is 0.268 e. The van der Waals surface area contributed by atoms with E-state index in [-0.39, 0.29) is 19.1 Å². The number of hydrogen-bond acceptors (Lipinski definition) is 6. The number of nitrogens with zero attached hydrogens (tertiary/aromatic N) is 1. The van der Waals surface area contributed by atoms with Crippen LogP contribution in [0.3, 0.4) is 0 Å². The van der Waals surface area contributed by atoms with Crippen molar-refractivity contribution in [1.82, 2.24) is 5.32 Å². The number of carbonyl (C=O) groups is 1. The normalized spacial score (nSPS) is 14.4. The second-order valence-corrected chi connectivity index (χ2v) is 20.3. The van der Waals surface area contributed by atoms with Gasteiger partial charge < -0.3 is 28.8 Å². The van der Waals surface area contributed by atoms with Crippen molar-refractivity contribution in [1.29, 1.82) is 0 Å². The van der Waals surface area contributed by atoms with Gasteiger partial charge in [-0.25, -0.2) is 0 Å². The van der Waals surface area contributed by atoms with Crippen LogP contribution < -0.4 is 10.2 Å². The lowest BCUT2D eigenvalue weighted by Gasteiger charge is -2.29. The van der Waals surface area contributed by atoms with Gasteiger partial charge >= 0.3 is 0 Å². The number of allylic oxidation sites excluding steroid dienone is 5. The minimum absolute atomic E-state index is 0.00129. The first-order chi connectivity index (χ1) is 29.5. The fraction of sp³-hybridized carbons (Fsp3) is 0.865. The molecule has 61 heavy (non-hydrogen) atoms. The first-order valence-corrected chi connectivity index (χ1v) is 27.3. The third kappa shape index (κ3) is 46.5. The average molecular weight is 881 g/mol. The highest BCUT2D eigenvalue weighted by Gasteiger charge is 2.23. The summed E-state index contributed by atoms with van der Waals surface area (Å²) in [5.74, 6) is -0.200. The quantitative estimate of drug-likeness (QED) is 0.0273. The Morgan fingerprint density at radius 1 is 0.574 bits per heavy atom. The minimum atomic E-state index is -4.59. The van der Waals surface area contributed by atoms with Crippen molar-refractivity contribution >= 4 is 13.7 Å². The number of carbonyl (C=O) groups excluding carboxylic acids is 1. The van der Waals surface area contributed by atoms with Gasteiger partial charge in [0, 0.05) is 6.42 Å². The van der Waals surface area contributed by atoms with Gasteiger partial charge in [-0.05, 0) is 51.4 Å². The monoisotopic (exact) mass is 881 g/mol. The standard InChI is InChI=1S/C52H101N2O6P/c1-6-8-10-12-14-16-18-20-21-22-23-24-25-26-27-28-29-30-31-32-33-34-36-38-40-42-44-46-52(56)53-50(49-60-61(57,58)59-48-47-54(3,4)5)51(55)45-43-41-39-37-35-19-17-15-13-11-9-7-2/h23-24,26-27,43,45,50-51,55H,6-22,25,28-42,44,46-49H2,1-5H3,(H-,53,56,57,58)/b24-23-,27-26-,45-43+. The molecule has 1 amide bonds. The number of amides is 1. The number of quaternary nitrogens is 1. The van der Waals surface area contributed by atoms with Crippen LogP contribution in [0.1, 0.15) is 239 Å². The molecule has 0 fully saturated rings. The van der Waals surface area contributed by atoms with Crippen LogP contribution in [0, 0.1) is 0 Å². The highest BCUT2D eigenvalue weighted by molar-refractivity contribution is 7.45. The molecular weight excluding hydrogens is 780 g/mol. The van der Waals surface area contributed by atoms with Gasteiger partial charge in [0.05, 0.1) is 39.9 Å². The molecule has 0 bridgehead atoms. The number of nitrogens with one attached hydrogen (secondary N) is 1. The zero-order chi connectivity index (χ0) is 45.0. The van der Waals surface area contributed by atoms with Crippen LogP contribution in [-0.2, 0) is 18.4 Å². The Morgan fingerprint density at radius 2 is 0.951 bits per heavy atom. The molecule has 8 nitrogen and oxygen atoms in total. The number of phosphoric ester groups is 1. The molecule has 3 unspecified atom stereocenters. The van der Waals surface area contributed by atoms with Crippen molar-refractivity contribution in [2.24, 2.45) is 0 Å². The summed E-state index contributed by atoms with van der Waals surface area (Å²) in [4.78, 5) is 25.4. The largest absolute Gasteiger partial charge is 0.756 e. The minimum Gasteiger partial charge on any atom is -0.756 e. The summed E-state index contributed by atoms with van der Waals surface area (Å²) in [6, 6.07) is -0.886. The van der Waals surface area contributed by atoms with Gasteiger partial charge in [-0.2, -0.15) is 0 Å². The fourth-order valence-electron chi connectivity index (χ4n) is 7.48. The molecule has 3 atom stereocenters. The van der Waals surface area contributed by atoms with Crippen LogP contribution in [-0.4, -0.2) is 68.5 Å². The topological polar surface area (TPSA) is 108 Å². The molecule has 0 aliphatic rings. The van der Waals surface area contributed by atoms with E-state index in [9.17, 15) is 19.4 Å². The van der Waals surface area contributed by atoms with Crippen molar-refractivity contribution in [3.8, 4) is 0 Å². The molecule has 0 spiro atoms. The highest BCUT2D eigenvalue weighted by Crippen LogP contribution is 2.38. The zero-order valence-electron chi connectivity index (χ0n) is 40.9. The van der Waals surface area contributed by atoms with Gasteiger partial charge in [0.2, 0.25) is 5.91 Å². The number of rotatable bonds is 47. The molecule has 0 saturated heterocycles. The van der Waals surface area contributed by atoms with E-state index in [0.717, 1.165) is 44.9 Å². The molecule has 360 valence electrons. The zero-order valence-corrected chi connectivity index (χ0v) is 41.8. The van der Waals surface area contributed by atoms with E-state index in [1.54, 1.807) is 6.08 Å². The average Bonchev–Trinajstić information content (AvgIpc) is 3.21. The van der Waals surface area contributed by atoms with Crippen LogP contribution in [0.2, 0.25) is 0 Å². The van der Waals surface area contributed by atoms with E-state index >= 15 is 0 Å². The van der Waals surface area contributed by atoms with Crippen molar-refractivity contribution < 1.29 is 32.9 Å². The lowest BCUT2D eigenvalue weighted by atomic mass is 10.0. The summed E-state index contributed by atoms with van der Waals surface area (Å²) in [5, 5.41) is 13.8. The van der Waals surface area contributed by atoms with Crippen molar-refractivity contribution in [3.05, 3.63) is 36.5 Å². The van der Waals surface area contributed by atoms with Gasteiger partial charge in [0.15, 0.2) is 0 Å². The second kappa shape index (κ2) is 43.9. The first-order valence-electron chi connectivity index (χ1n) is 25.9. The number of unbranched alkanes of at least 4 members (excludes halogenated alkanes) is 30. The van der Waals surface area contributed by atoms with Crippen LogP contribution in [0.5, 0.6) is 0 Å². The Balaban J connectivity index is 4.16. The van der Waals surface area contributed by atoms with Crippen LogP contribution in [0.25, 0.3) is 0 Å². The molecule has 0 rings (SSSR count). The maximum absolute atomic E-state index is 12.9.